The van der Waals surface area contributed by atoms with E-state index in [-0.39, 0.29) is 11.8 Å². The normalized spacial score (nSPS) is 11.5. The van der Waals surface area contributed by atoms with E-state index in [4.69, 9.17) is 4.74 Å². The van der Waals surface area contributed by atoms with E-state index in [1.807, 2.05) is 91.9 Å². The van der Waals surface area contributed by atoms with Gasteiger partial charge in [-0.15, -0.1) is 11.8 Å². The van der Waals surface area contributed by atoms with Gasteiger partial charge in [-0.2, -0.15) is 0 Å². The van der Waals surface area contributed by atoms with Gasteiger partial charge in [-0.1, -0.05) is 72.8 Å². The molecule has 178 valence electrons. The molecule has 0 radical (unpaired) electrons. The summed E-state index contributed by atoms with van der Waals surface area (Å²) in [6.07, 6.45) is 0.467. The van der Waals surface area contributed by atoms with Crippen LogP contribution >= 0.6 is 11.8 Å². The molecule has 0 aliphatic carbocycles. The molecule has 0 fully saturated rings. The highest BCUT2D eigenvalue weighted by Gasteiger charge is 2.29. The van der Waals surface area contributed by atoms with Crippen molar-refractivity contribution in [3.8, 4) is 5.75 Å². The van der Waals surface area contributed by atoms with Gasteiger partial charge in [0.2, 0.25) is 11.8 Å². The Labute approximate surface area is 206 Å². The average Bonchev–Trinajstić information content (AvgIpc) is 2.88. The maximum absolute atomic E-state index is 13.5. The summed E-state index contributed by atoms with van der Waals surface area (Å²) in [7, 11) is 1.64. The van der Waals surface area contributed by atoms with E-state index >= 15 is 0 Å². The first-order chi connectivity index (χ1) is 16.6. The number of amides is 2. The molecule has 0 aliphatic heterocycles. The summed E-state index contributed by atoms with van der Waals surface area (Å²) in [6.45, 7) is 2.80. The summed E-state index contributed by atoms with van der Waals surface area (Å²) in [5.74, 6) is 1.64. The first-order valence-corrected chi connectivity index (χ1v) is 12.6. The Bertz CT molecular complexity index is 1030. The van der Waals surface area contributed by atoms with Gasteiger partial charge in [-0.05, 0) is 35.7 Å². The Hall–Kier alpha value is -3.25. The topological polar surface area (TPSA) is 58.6 Å². The van der Waals surface area contributed by atoms with Gasteiger partial charge < -0.3 is 15.0 Å². The lowest BCUT2D eigenvalue weighted by atomic mass is 10.0. The molecule has 5 nitrogen and oxygen atoms in total. The van der Waals surface area contributed by atoms with Gasteiger partial charge in [-0.3, -0.25) is 9.59 Å². The number of benzene rings is 3. The van der Waals surface area contributed by atoms with Crippen molar-refractivity contribution in [1.29, 1.82) is 0 Å². The van der Waals surface area contributed by atoms with E-state index in [0.717, 1.165) is 22.4 Å². The zero-order chi connectivity index (χ0) is 24.2. The average molecular weight is 477 g/mol. The molecule has 6 heteroatoms. The monoisotopic (exact) mass is 476 g/mol. The van der Waals surface area contributed by atoms with Crippen molar-refractivity contribution in [2.75, 3.05) is 19.4 Å². The number of rotatable bonds is 12. The molecule has 34 heavy (non-hydrogen) atoms. The molecule has 3 aromatic rings. The van der Waals surface area contributed by atoms with E-state index in [9.17, 15) is 9.59 Å². The lowest BCUT2D eigenvalue weighted by molar-refractivity contribution is -0.139. The summed E-state index contributed by atoms with van der Waals surface area (Å²) in [4.78, 5) is 28.3. The molecule has 2 amide bonds. The van der Waals surface area contributed by atoms with Gasteiger partial charge in [0.15, 0.2) is 0 Å². The van der Waals surface area contributed by atoms with Crippen LogP contribution in [0.2, 0.25) is 0 Å². The smallest absolute Gasteiger partial charge is 0.243 e. The maximum atomic E-state index is 13.5. The fraction of sp³-hybridized carbons (Fsp3) is 0.286. The highest BCUT2D eigenvalue weighted by atomic mass is 32.2. The number of carbonyl (C=O) groups excluding carboxylic acids is 2. The minimum atomic E-state index is -0.586. The predicted molar refractivity (Wildman–Crippen MR) is 139 cm³/mol. The summed E-state index contributed by atoms with van der Waals surface area (Å²) < 4.78 is 5.21. The zero-order valence-electron chi connectivity index (χ0n) is 19.8. The van der Waals surface area contributed by atoms with Crippen molar-refractivity contribution in [2.24, 2.45) is 0 Å². The van der Waals surface area contributed by atoms with E-state index in [1.54, 1.807) is 23.8 Å². The Morgan fingerprint density at radius 1 is 0.882 bits per heavy atom. The third-order valence-electron chi connectivity index (χ3n) is 5.47. The molecule has 0 bridgehead atoms. The predicted octanol–water partition coefficient (Wildman–Crippen LogP) is 4.70. The van der Waals surface area contributed by atoms with Gasteiger partial charge in [0.25, 0.3) is 0 Å². The standard InChI is InChI=1S/C28H32N2O3S/c1-3-29-28(32)26(18-22-10-6-4-7-11-22)30(19-23-12-8-5-9-13-23)27(31)21-34-20-24-14-16-25(33-2)17-15-24/h4-17,26H,3,18-21H2,1-2H3,(H,29,32)/t26-/m1/s1. The fourth-order valence-electron chi connectivity index (χ4n) is 3.69. The number of carbonyl (C=O) groups is 2. The van der Waals surface area contributed by atoms with Crippen LogP contribution in [0.3, 0.4) is 0 Å². The Morgan fingerprint density at radius 2 is 1.50 bits per heavy atom. The molecule has 0 saturated heterocycles. The lowest BCUT2D eigenvalue weighted by Gasteiger charge is -2.31. The van der Waals surface area contributed by atoms with E-state index < -0.39 is 6.04 Å². The molecule has 1 N–H and O–H groups in total. The number of ether oxygens (including phenoxy) is 1. The first kappa shape index (κ1) is 25.4. The third-order valence-corrected chi connectivity index (χ3v) is 6.46. The molecule has 1 atom stereocenters. The Kier molecular flexibility index (Phi) is 10.0. The van der Waals surface area contributed by atoms with Crippen molar-refractivity contribution >= 4 is 23.6 Å². The first-order valence-electron chi connectivity index (χ1n) is 11.5. The third kappa shape index (κ3) is 7.66. The maximum Gasteiger partial charge on any atom is 0.243 e. The van der Waals surface area contributed by atoms with E-state index in [0.29, 0.717) is 31.0 Å². The molecule has 0 unspecified atom stereocenters. The number of methoxy groups -OCH3 is 1. The van der Waals surface area contributed by atoms with Crippen LogP contribution in [0.25, 0.3) is 0 Å². The second kappa shape index (κ2) is 13.5. The second-order valence-electron chi connectivity index (χ2n) is 7.95. The second-order valence-corrected chi connectivity index (χ2v) is 8.93. The lowest BCUT2D eigenvalue weighted by Crippen LogP contribution is -2.51. The van der Waals surface area contributed by atoms with Crippen LogP contribution in [0.5, 0.6) is 5.75 Å². The van der Waals surface area contributed by atoms with Crippen molar-refractivity contribution in [1.82, 2.24) is 10.2 Å². The number of hydrogen-bond acceptors (Lipinski definition) is 4. The quantitative estimate of drug-likeness (QED) is 0.412. The molecule has 0 aromatic heterocycles. The van der Waals surface area contributed by atoms with Crippen LogP contribution in [-0.2, 0) is 28.3 Å². The van der Waals surface area contributed by atoms with Crippen molar-refractivity contribution in [3.63, 3.8) is 0 Å². The summed E-state index contributed by atoms with van der Waals surface area (Å²) >= 11 is 1.55. The fourth-order valence-corrected chi connectivity index (χ4v) is 4.56. The van der Waals surface area contributed by atoms with Crippen molar-refractivity contribution in [2.45, 2.75) is 31.7 Å². The molecular formula is C28H32N2O3S. The molecule has 3 rings (SSSR count). The summed E-state index contributed by atoms with van der Waals surface area (Å²) in [6, 6.07) is 27.0. The van der Waals surface area contributed by atoms with Gasteiger partial charge >= 0.3 is 0 Å². The summed E-state index contributed by atoms with van der Waals surface area (Å²) in [5.41, 5.74) is 3.15. The van der Waals surface area contributed by atoms with Gasteiger partial charge in [0.1, 0.15) is 11.8 Å². The highest BCUT2D eigenvalue weighted by molar-refractivity contribution is 7.99. The van der Waals surface area contributed by atoms with Crippen LogP contribution in [0.1, 0.15) is 23.6 Å². The number of nitrogens with zero attached hydrogens (tertiary/aromatic N) is 1. The number of hydrogen-bond donors (Lipinski definition) is 1. The SMILES string of the molecule is CCNC(=O)[C@@H](Cc1ccccc1)N(Cc1ccccc1)C(=O)CSCc1ccc(OC)cc1. The molecular weight excluding hydrogens is 444 g/mol. The minimum absolute atomic E-state index is 0.0467. The van der Waals surface area contributed by atoms with Crippen molar-refractivity contribution < 1.29 is 14.3 Å². The number of likely N-dealkylation sites (N-methyl/N-ethyl adjacent to an activating group) is 1. The number of thioether (sulfide) groups is 1. The van der Waals surface area contributed by atoms with Gasteiger partial charge in [0.05, 0.1) is 12.9 Å². The van der Waals surface area contributed by atoms with Crippen molar-refractivity contribution in [3.05, 3.63) is 102 Å². The molecule has 0 heterocycles. The van der Waals surface area contributed by atoms with Crippen LogP contribution in [-0.4, -0.2) is 42.2 Å². The minimum Gasteiger partial charge on any atom is -0.497 e. The van der Waals surface area contributed by atoms with Crippen LogP contribution in [0.4, 0.5) is 0 Å². The van der Waals surface area contributed by atoms with Crippen LogP contribution in [0, 0.1) is 0 Å². The number of nitrogens with one attached hydrogen (secondary N) is 1. The van der Waals surface area contributed by atoms with Crippen LogP contribution in [0.15, 0.2) is 84.9 Å². The van der Waals surface area contributed by atoms with Gasteiger partial charge in [-0.25, -0.2) is 0 Å². The Morgan fingerprint density at radius 3 is 2.09 bits per heavy atom. The summed E-state index contributed by atoms with van der Waals surface area (Å²) in [5, 5.41) is 2.93. The van der Waals surface area contributed by atoms with Gasteiger partial charge in [0, 0.05) is 25.3 Å². The molecule has 0 saturated carbocycles. The molecule has 3 aromatic carbocycles. The Balaban J connectivity index is 1.77. The highest BCUT2D eigenvalue weighted by Crippen LogP contribution is 2.20. The molecule has 0 aliphatic rings. The van der Waals surface area contributed by atoms with E-state index in [2.05, 4.69) is 5.32 Å². The van der Waals surface area contributed by atoms with E-state index in [1.165, 1.54) is 0 Å². The molecule has 0 spiro atoms. The van der Waals surface area contributed by atoms with Crippen LogP contribution < -0.4 is 10.1 Å². The largest absolute Gasteiger partial charge is 0.497 e. The zero-order valence-corrected chi connectivity index (χ0v) is 20.6.